The van der Waals surface area contributed by atoms with E-state index in [9.17, 15) is 8.42 Å². The maximum Gasteiger partial charge on any atom is 0.191 e. The fourth-order valence-electron chi connectivity index (χ4n) is 2.98. The number of guanidine groups is 1. The minimum absolute atomic E-state index is 0. The van der Waals surface area contributed by atoms with E-state index in [1.165, 1.54) is 11.8 Å². The molecule has 0 atom stereocenters. The van der Waals surface area contributed by atoms with Gasteiger partial charge in [0.05, 0.1) is 11.3 Å². The van der Waals surface area contributed by atoms with E-state index >= 15 is 0 Å². The van der Waals surface area contributed by atoms with Gasteiger partial charge in [-0.3, -0.25) is 9.89 Å². The highest BCUT2D eigenvalue weighted by Crippen LogP contribution is 2.16. The van der Waals surface area contributed by atoms with Crippen molar-refractivity contribution in [3.05, 3.63) is 35.9 Å². The quantitative estimate of drug-likeness (QED) is 0.327. The van der Waals surface area contributed by atoms with Crippen LogP contribution in [0.5, 0.6) is 0 Å². The summed E-state index contributed by atoms with van der Waals surface area (Å²) in [6.07, 6.45) is 3.37. The molecule has 0 spiro atoms. The van der Waals surface area contributed by atoms with E-state index in [2.05, 4.69) is 44.8 Å². The van der Waals surface area contributed by atoms with Crippen molar-refractivity contribution in [2.75, 3.05) is 32.4 Å². The Kier molecular flexibility index (Phi) is 10.2. The van der Waals surface area contributed by atoms with Crippen LogP contribution in [0.3, 0.4) is 0 Å². The van der Waals surface area contributed by atoms with Crippen molar-refractivity contribution in [1.29, 1.82) is 0 Å². The van der Waals surface area contributed by atoms with Crippen LogP contribution in [0.2, 0.25) is 0 Å². The third kappa shape index (κ3) is 7.87. The molecule has 0 aliphatic carbocycles. The summed E-state index contributed by atoms with van der Waals surface area (Å²) >= 11 is 0. The zero-order valence-electron chi connectivity index (χ0n) is 17.4. The van der Waals surface area contributed by atoms with Crippen LogP contribution < -0.4 is 10.6 Å². The Labute approximate surface area is 187 Å². The lowest BCUT2D eigenvalue weighted by Crippen LogP contribution is -2.49. The molecule has 0 amide bonds. The average Bonchev–Trinajstić information content (AvgIpc) is 2.61. The molecule has 160 valence electrons. The molecule has 2 N–H and O–H groups in total. The van der Waals surface area contributed by atoms with Crippen LogP contribution in [-0.4, -0.2) is 62.5 Å². The van der Waals surface area contributed by atoms with Crippen molar-refractivity contribution >= 4 is 39.8 Å². The average molecular weight is 522 g/mol. The third-order valence-electron chi connectivity index (χ3n) is 5.14. The number of aliphatic imine (C=N–C) groups is 1. The fraction of sp³-hybridized carbons (Fsp3) is 0.650. The van der Waals surface area contributed by atoms with Gasteiger partial charge in [0, 0.05) is 38.5 Å². The van der Waals surface area contributed by atoms with Gasteiger partial charge < -0.3 is 10.6 Å². The smallest absolute Gasteiger partial charge is 0.191 e. The molecule has 1 fully saturated rings. The Hall–Kier alpha value is -0.870. The lowest BCUT2D eigenvalue weighted by Gasteiger charge is -2.33. The molecule has 0 radical (unpaired) electrons. The van der Waals surface area contributed by atoms with Gasteiger partial charge in [0.15, 0.2) is 15.8 Å². The van der Waals surface area contributed by atoms with Crippen LogP contribution in [0.25, 0.3) is 0 Å². The normalized spacial score (nSPS) is 17.1. The minimum atomic E-state index is -3.15. The number of piperidine rings is 1. The third-order valence-corrected chi connectivity index (χ3v) is 7.28. The first-order valence-corrected chi connectivity index (χ1v) is 11.6. The van der Waals surface area contributed by atoms with E-state index < -0.39 is 14.6 Å². The summed E-state index contributed by atoms with van der Waals surface area (Å²) in [6, 6.07) is 10.9. The Morgan fingerprint density at radius 3 is 2.36 bits per heavy atom. The zero-order valence-corrected chi connectivity index (χ0v) is 20.6. The van der Waals surface area contributed by atoms with Gasteiger partial charge in [-0.05, 0) is 39.2 Å². The van der Waals surface area contributed by atoms with Crippen molar-refractivity contribution in [2.45, 2.75) is 50.9 Å². The second kappa shape index (κ2) is 11.3. The van der Waals surface area contributed by atoms with Gasteiger partial charge in [0.25, 0.3) is 0 Å². The number of rotatable bonds is 7. The van der Waals surface area contributed by atoms with Crippen LogP contribution >= 0.6 is 24.0 Å². The largest absolute Gasteiger partial charge is 0.357 e. The molecular formula is C20H35IN4O2S. The predicted octanol–water partition coefficient (Wildman–Crippen LogP) is 2.65. The Morgan fingerprint density at radius 2 is 1.82 bits per heavy atom. The first-order valence-electron chi connectivity index (χ1n) is 9.72. The minimum Gasteiger partial charge on any atom is -0.357 e. The van der Waals surface area contributed by atoms with Gasteiger partial charge in [0.1, 0.15) is 0 Å². The molecule has 28 heavy (non-hydrogen) atoms. The number of halogens is 1. The summed E-state index contributed by atoms with van der Waals surface area (Å²) in [5.41, 5.74) is 1.35. The number of sulfone groups is 1. The summed E-state index contributed by atoms with van der Waals surface area (Å²) in [5.74, 6) is 0.704. The molecule has 1 aliphatic rings. The Balaban J connectivity index is 0.00000392. The van der Waals surface area contributed by atoms with E-state index in [-0.39, 0.29) is 30.5 Å². The van der Waals surface area contributed by atoms with Crippen molar-refractivity contribution in [3.8, 4) is 0 Å². The molecule has 8 heteroatoms. The molecule has 0 aromatic heterocycles. The molecule has 1 aromatic rings. The van der Waals surface area contributed by atoms with Crippen LogP contribution in [0, 0.1) is 0 Å². The van der Waals surface area contributed by atoms with Gasteiger partial charge in [-0.2, -0.15) is 0 Å². The van der Waals surface area contributed by atoms with E-state index in [4.69, 9.17) is 0 Å². The summed E-state index contributed by atoms with van der Waals surface area (Å²) < 4.78 is 22.9. The lowest BCUT2D eigenvalue weighted by molar-refractivity contribution is 0.198. The predicted molar refractivity (Wildman–Crippen MR) is 128 cm³/mol. The summed E-state index contributed by atoms with van der Waals surface area (Å²) in [7, 11) is -3.15. The zero-order chi connectivity index (χ0) is 19.9. The monoisotopic (exact) mass is 522 g/mol. The van der Waals surface area contributed by atoms with E-state index in [0.29, 0.717) is 12.0 Å². The van der Waals surface area contributed by atoms with Crippen molar-refractivity contribution in [1.82, 2.24) is 15.5 Å². The summed E-state index contributed by atoms with van der Waals surface area (Å²) in [4.78, 5) is 7.01. The lowest BCUT2D eigenvalue weighted by atomic mass is 10.0. The van der Waals surface area contributed by atoms with Gasteiger partial charge >= 0.3 is 0 Å². The highest BCUT2D eigenvalue weighted by atomic mass is 127. The summed E-state index contributed by atoms with van der Waals surface area (Å²) in [6.45, 7) is 9.52. The summed E-state index contributed by atoms with van der Waals surface area (Å²) in [5, 5.41) is 6.72. The van der Waals surface area contributed by atoms with Crippen molar-refractivity contribution < 1.29 is 8.42 Å². The molecule has 1 heterocycles. The Bertz CT molecular complexity index is 715. The highest BCUT2D eigenvalue weighted by Gasteiger charge is 2.30. The Morgan fingerprint density at radius 1 is 1.21 bits per heavy atom. The number of hydrogen-bond acceptors (Lipinski definition) is 4. The van der Waals surface area contributed by atoms with Gasteiger partial charge in [-0.15, -0.1) is 24.0 Å². The van der Waals surface area contributed by atoms with Crippen molar-refractivity contribution in [2.24, 2.45) is 4.99 Å². The first-order chi connectivity index (χ1) is 12.7. The number of benzene rings is 1. The van der Waals surface area contributed by atoms with Crippen LogP contribution in [0.15, 0.2) is 35.3 Å². The fourth-order valence-corrected chi connectivity index (χ4v) is 3.28. The highest BCUT2D eigenvalue weighted by molar-refractivity contribution is 14.0. The standard InChI is InChI=1S/C20H34N4O2S.HI/c1-5-21-19(22-16-20(2,3)27(4,25)26)23-18-11-13-24(14-12-18)15-17-9-7-6-8-10-17;/h6-10,18H,5,11-16H2,1-4H3,(H2,21,22,23);1H. The van der Waals surface area contributed by atoms with Crippen LogP contribution in [0.1, 0.15) is 39.2 Å². The number of likely N-dealkylation sites (tertiary alicyclic amines) is 1. The maximum atomic E-state index is 11.9. The van der Waals surface area contributed by atoms with Gasteiger partial charge in [-0.1, -0.05) is 30.3 Å². The second-order valence-corrected chi connectivity index (χ2v) is 10.6. The molecule has 2 rings (SSSR count). The molecule has 1 aromatic carbocycles. The van der Waals surface area contributed by atoms with Gasteiger partial charge in [0.2, 0.25) is 0 Å². The van der Waals surface area contributed by atoms with Crippen molar-refractivity contribution in [3.63, 3.8) is 0 Å². The molecule has 1 saturated heterocycles. The topological polar surface area (TPSA) is 73.8 Å². The maximum absolute atomic E-state index is 11.9. The molecule has 0 unspecified atom stereocenters. The number of hydrogen-bond donors (Lipinski definition) is 2. The van der Waals surface area contributed by atoms with E-state index in [1.807, 2.05) is 13.0 Å². The van der Waals surface area contributed by atoms with E-state index in [0.717, 1.165) is 39.0 Å². The first kappa shape index (κ1) is 25.2. The molecule has 0 saturated carbocycles. The van der Waals surface area contributed by atoms with E-state index in [1.54, 1.807) is 13.8 Å². The molecule has 1 aliphatic heterocycles. The molecule has 6 nitrogen and oxygen atoms in total. The molecular weight excluding hydrogens is 487 g/mol. The molecule has 0 bridgehead atoms. The second-order valence-electron chi connectivity index (χ2n) is 7.91. The number of nitrogens with zero attached hydrogens (tertiary/aromatic N) is 2. The van der Waals surface area contributed by atoms with Crippen LogP contribution in [-0.2, 0) is 16.4 Å². The van der Waals surface area contributed by atoms with Crippen LogP contribution in [0.4, 0.5) is 0 Å². The number of nitrogens with one attached hydrogen (secondary N) is 2. The van der Waals surface area contributed by atoms with Gasteiger partial charge in [-0.25, -0.2) is 8.42 Å². The SMILES string of the molecule is CCNC(=NCC(C)(C)S(C)(=O)=O)NC1CCN(Cc2ccccc2)CC1.I.